The largest absolute Gasteiger partial charge is 0.493 e. The Morgan fingerprint density at radius 1 is 1.08 bits per heavy atom. The lowest BCUT2D eigenvalue weighted by atomic mass is 9.94. The molecule has 0 bridgehead atoms. The molecule has 1 aliphatic heterocycles. The van der Waals surface area contributed by atoms with Crippen molar-refractivity contribution in [3.05, 3.63) is 46.8 Å². The van der Waals surface area contributed by atoms with Crippen LogP contribution in [0.2, 0.25) is 0 Å². The maximum Gasteiger partial charge on any atom is 0.274 e. The quantitative estimate of drug-likeness (QED) is 0.337. The number of ether oxygens (including phenoxy) is 3. The predicted octanol–water partition coefficient (Wildman–Crippen LogP) is 4.04. The number of aliphatic hydroxyl groups excluding tert-OH is 1. The van der Waals surface area contributed by atoms with Gasteiger partial charge in [-0.2, -0.15) is 13.5 Å². The van der Waals surface area contributed by atoms with E-state index in [9.17, 15) is 14.7 Å². The minimum Gasteiger partial charge on any atom is -0.493 e. The van der Waals surface area contributed by atoms with Crippen LogP contribution in [0.25, 0.3) is 21.8 Å². The van der Waals surface area contributed by atoms with E-state index in [1.54, 1.807) is 17.0 Å². The van der Waals surface area contributed by atoms with Crippen LogP contribution < -0.4 is 19.1 Å². The van der Waals surface area contributed by atoms with Crippen molar-refractivity contribution in [3.63, 3.8) is 0 Å². The minimum absolute atomic E-state index is 0. The first-order valence-corrected chi connectivity index (χ1v) is 11.2. The third kappa shape index (κ3) is 3.59. The maximum absolute atomic E-state index is 13.7. The van der Waals surface area contributed by atoms with E-state index < -0.39 is 0 Å². The lowest BCUT2D eigenvalue weighted by Gasteiger charge is -2.17. The number of hydrogen-bond donors (Lipinski definition) is 3. The smallest absolute Gasteiger partial charge is 0.274 e. The van der Waals surface area contributed by atoms with Gasteiger partial charge in [-0.3, -0.25) is 9.59 Å². The van der Waals surface area contributed by atoms with Crippen molar-refractivity contribution in [2.75, 3.05) is 39.4 Å². The molecule has 1 aliphatic rings. The number of nitrogens with zero attached hydrogens (tertiary/aromatic N) is 1. The summed E-state index contributed by atoms with van der Waals surface area (Å²) in [7, 11) is 4.59. The third-order valence-electron chi connectivity index (χ3n) is 6.74. The van der Waals surface area contributed by atoms with Crippen molar-refractivity contribution < 1.29 is 28.9 Å². The van der Waals surface area contributed by atoms with Crippen LogP contribution in [-0.4, -0.2) is 61.2 Å². The van der Waals surface area contributed by atoms with Gasteiger partial charge in [0.05, 0.1) is 33.5 Å². The van der Waals surface area contributed by atoms with Crippen molar-refractivity contribution in [3.8, 4) is 17.2 Å². The molecule has 1 unspecified atom stereocenters. The first-order valence-electron chi connectivity index (χ1n) is 11.2. The second-order valence-electron chi connectivity index (χ2n) is 8.69. The number of rotatable bonds is 6. The Balaban J connectivity index is 0.00000304. The lowest BCUT2D eigenvalue weighted by Crippen LogP contribution is -2.30. The first-order chi connectivity index (χ1) is 16.8. The fraction of sp³-hybridized carbons (Fsp3) is 0.308. The van der Waals surface area contributed by atoms with Gasteiger partial charge in [0, 0.05) is 45.7 Å². The highest BCUT2D eigenvalue weighted by atomic mass is 32.1. The van der Waals surface area contributed by atoms with E-state index in [1.165, 1.54) is 28.3 Å². The maximum atomic E-state index is 13.7. The van der Waals surface area contributed by atoms with E-state index >= 15 is 0 Å². The van der Waals surface area contributed by atoms with E-state index in [0.29, 0.717) is 46.3 Å². The fourth-order valence-electron chi connectivity index (χ4n) is 5.28. The number of carbonyl (C=O) groups is 2. The number of aromatic amines is 2. The van der Waals surface area contributed by atoms with Crippen LogP contribution in [0.3, 0.4) is 0 Å². The van der Waals surface area contributed by atoms with Gasteiger partial charge in [-0.25, -0.2) is 0 Å². The monoisotopic (exact) mass is 511 g/mol. The van der Waals surface area contributed by atoms with Crippen molar-refractivity contribution >= 4 is 52.7 Å². The summed E-state index contributed by atoms with van der Waals surface area (Å²) in [5, 5.41) is 11.7. The standard InChI is InChI=1S/C26H27N3O6.H2S/c1-12-20(13(2)31)22-16(27-12)6-7-18-21(22)15(11-30)10-29(18)26(32)17-8-14-9-19(33-3)24(34-4)25(35-5)23(14)28-17;/h6-9,15,27-28,30H,10-11H2,1-5H3;1H2. The number of carbonyl (C=O) groups excluding carboxylic acids is 2. The Morgan fingerprint density at radius 3 is 2.42 bits per heavy atom. The second-order valence-corrected chi connectivity index (χ2v) is 8.69. The van der Waals surface area contributed by atoms with Gasteiger partial charge < -0.3 is 34.2 Å². The first kappa shape index (κ1) is 25.5. The molecule has 190 valence electrons. The van der Waals surface area contributed by atoms with Gasteiger partial charge in [0.25, 0.3) is 5.91 Å². The molecule has 0 spiro atoms. The number of fused-ring (bicyclic) bond motifs is 4. The molecular formula is C26H29N3O6S. The molecule has 0 saturated carbocycles. The molecule has 1 amide bonds. The van der Waals surface area contributed by atoms with Gasteiger partial charge in [-0.05, 0) is 43.7 Å². The van der Waals surface area contributed by atoms with Crippen LogP contribution in [0.4, 0.5) is 5.69 Å². The molecule has 36 heavy (non-hydrogen) atoms. The zero-order valence-electron chi connectivity index (χ0n) is 20.7. The molecule has 4 aromatic rings. The van der Waals surface area contributed by atoms with Gasteiger partial charge in [-0.1, -0.05) is 0 Å². The number of aromatic nitrogens is 2. The molecule has 9 nitrogen and oxygen atoms in total. The molecule has 0 radical (unpaired) electrons. The van der Waals surface area contributed by atoms with Crippen LogP contribution in [0, 0.1) is 6.92 Å². The molecule has 2 aromatic carbocycles. The van der Waals surface area contributed by atoms with E-state index in [-0.39, 0.29) is 37.7 Å². The molecule has 10 heteroatoms. The lowest BCUT2D eigenvalue weighted by molar-refractivity contribution is 0.0980. The Morgan fingerprint density at radius 2 is 1.81 bits per heavy atom. The number of aliphatic hydroxyl groups is 1. The number of methoxy groups -OCH3 is 3. The summed E-state index contributed by atoms with van der Waals surface area (Å²) in [5.74, 6) is 0.723. The van der Waals surface area contributed by atoms with Crippen molar-refractivity contribution in [1.29, 1.82) is 0 Å². The average molecular weight is 512 g/mol. The van der Waals surface area contributed by atoms with Crippen LogP contribution in [0.15, 0.2) is 24.3 Å². The average Bonchev–Trinajstić information content (AvgIpc) is 3.53. The number of ketones is 1. The Labute approximate surface area is 214 Å². The molecule has 0 aliphatic carbocycles. The second kappa shape index (κ2) is 9.44. The molecule has 3 heterocycles. The van der Waals surface area contributed by atoms with Crippen LogP contribution in [0.1, 0.15) is 44.9 Å². The topological polar surface area (TPSA) is 117 Å². The summed E-state index contributed by atoms with van der Waals surface area (Å²) in [4.78, 5) is 34.3. The summed E-state index contributed by atoms with van der Waals surface area (Å²) >= 11 is 0. The molecular weight excluding hydrogens is 482 g/mol. The van der Waals surface area contributed by atoms with Gasteiger partial charge in [0.1, 0.15) is 5.69 Å². The zero-order valence-corrected chi connectivity index (χ0v) is 21.7. The number of hydrogen-bond acceptors (Lipinski definition) is 6. The molecule has 2 aromatic heterocycles. The van der Waals surface area contributed by atoms with E-state index in [1.807, 2.05) is 19.1 Å². The van der Waals surface area contributed by atoms with E-state index in [0.717, 1.165) is 27.5 Å². The number of anilines is 1. The van der Waals surface area contributed by atoms with Crippen LogP contribution in [0.5, 0.6) is 17.2 Å². The molecule has 0 fully saturated rings. The van der Waals surface area contributed by atoms with Gasteiger partial charge in [0.15, 0.2) is 17.3 Å². The summed E-state index contributed by atoms with van der Waals surface area (Å²) in [6, 6.07) is 7.26. The Kier molecular flexibility index (Phi) is 6.68. The number of amides is 1. The van der Waals surface area contributed by atoms with Crippen LogP contribution >= 0.6 is 13.5 Å². The van der Waals surface area contributed by atoms with Crippen LogP contribution in [-0.2, 0) is 0 Å². The molecule has 3 N–H and O–H groups in total. The normalized spacial score (nSPS) is 14.6. The number of nitrogens with one attached hydrogen (secondary N) is 2. The summed E-state index contributed by atoms with van der Waals surface area (Å²) < 4.78 is 16.5. The summed E-state index contributed by atoms with van der Waals surface area (Å²) in [5.41, 5.74) is 4.65. The van der Waals surface area contributed by atoms with Gasteiger partial charge in [-0.15, -0.1) is 0 Å². The molecule has 1 atom stereocenters. The highest BCUT2D eigenvalue weighted by Gasteiger charge is 2.36. The fourth-order valence-corrected chi connectivity index (χ4v) is 5.28. The minimum atomic E-state index is -0.315. The van der Waals surface area contributed by atoms with Crippen molar-refractivity contribution in [1.82, 2.24) is 9.97 Å². The molecule has 0 saturated heterocycles. The Bertz CT molecular complexity index is 1510. The SMILES string of the molecule is COc1cc2cc(C(=O)N3CC(CO)c4c3ccc3[nH]c(C)c(C(C)=O)c43)[nH]c2c(OC)c1OC.S. The van der Waals surface area contributed by atoms with E-state index in [2.05, 4.69) is 9.97 Å². The molecule has 5 rings (SSSR count). The highest BCUT2D eigenvalue weighted by molar-refractivity contribution is 7.59. The number of benzene rings is 2. The third-order valence-corrected chi connectivity index (χ3v) is 6.74. The van der Waals surface area contributed by atoms with Gasteiger partial charge >= 0.3 is 0 Å². The highest BCUT2D eigenvalue weighted by Crippen LogP contribution is 2.45. The summed E-state index contributed by atoms with van der Waals surface area (Å²) in [6.07, 6.45) is 0. The number of H-pyrrole nitrogens is 2. The zero-order chi connectivity index (χ0) is 25.0. The number of aryl methyl sites for hydroxylation is 1. The van der Waals surface area contributed by atoms with Crippen molar-refractivity contribution in [2.45, 2.75) is 19.8 Å². The Hall–Kier alpha value is -3.63. The summed E-state index contributed by atoms with van der Waals surface area (Å²) in [6.45, 7) is 3.54. The van der Waals surface area contributed by atoms with Gasteiger partial charge in [0.2, 0.25) is 5.75 Å². The predicted molar refractivity (Wildman–Crippen MR) is 143 cm³/mol. The van der Waals surface area contributed by atoms with Crippen molar-refractivity contribution in [2.24, 2.45) is 0 Å². The van der Waals surface area contributed by atoms with E-state index in [4.69, 9.17) is 14.2 Å². The number of Topliss-reactive ketones (excluding diaryl/α,β-unsaturated/α-hetero) is 1.